The van der Waals surface area contributed by atoms with Crippen LogP contribution in [0.25, 0.3) is 0 Å². The third-order valence-corrected chi connectivity index (χ3v) is 3.71. The molecule has 0 saturated heterocycles. The number of carboxylic acids is 1. The van der Waals surface area contributed by atoms with Crippen molar-refractivity contribution in [2.75, 3.05) is 19.8 Å². The molecule has 0 amide bonds. The van der Waals surface area contributed by atoms with Gasteiger partial charge in [-0.05, 0) is 12.8 Å². The number of cyclic esters (lactones) is 1. The first kappa shape index (κ1) is 22.8. The Balaban J connectivity index is 2.71. The van der Waals surface area contributed by atoms with E-state index in [0.717, 1.165) is 25.7 Å². The van der Waals surface area contributed by atoms with Gasteiger partial charge in [0.15, 0.2) is 11.9 Å². The zero-order chi connectivity index (χ0) is 20.2. The maximum absolute atomic E-state index is 12.1. The van der Waals surface area contributed by atoms with Crippen molar-refractivity contribution >= 4 is 17.9 Å². The topological polar surface area (TPSA) is 129 Å². The molecule has 2 unspecified atom stereocenters. The van der Waals surface area contributed by atoms with E-state index < -0.39 is 36.7 Å². The summed E-state index contributed by atoms with van der Waals surface area (Å²) in [5.74, 6) is -2.60. The smallest absolute Gasteiger partial charge is 0.378 e. The minimum Gasteiger partial charge on any atom is -0.490 e. The van der Waals surface area contributed by atoms with E-state index >= 15 is 0 Å². The summed E-state index contributed by atoms with van der Waals surface area (Å²) in [5.41, 5.74) is 0. The summed E-state index contributed by atoms with van der Waals surface area (Å²) in [4.78, 5) is 34.0. The van der Waals surface area contributed by atoms with E-state index in [0.29, 0.717) is 13.2 Å². The van der Waals surface area contributed by atoms with Crippen LogP contribution in [0.5, 0.6) is 0 Å². The van der Waals surface area contributed by atoms with Crippen molar-refractivity contribution in [2.45, 2.75) is 64.6 Å². The zero-order valence-electron chi connectivity index (χ0n) is 15.8. The minimum atomic E-state index is -1.35. The summed E-state index contributed by atoms with van der Waals surface area (Å²) in [6.07, 6.45) is 0.0712. The van der Waals surface area contributed by atoms with Crippen molar-refractivity contribution < 1.29 is 43.5 Å². The molecule has 1 heterocycles. The second kappa shape index (κ2) is 12.2. The van der Waals surface area contributed by atoms with Gasteiger partial charge in [-0.25, -0.2) is 4.79 Å². The van der Waals surface area contributed by atoms with Crippen LogP contribution in [0.4, 0.5) is 0 Å². The fourth-order valence-corrected chi connectivity index (χ4v) is 2.18. The number of ether oxygens (including phenoxy) is 4. The molecular weight excluding hydrogens is 360 g/mol. The predicted octanol–water partition coefficient (Wildman–Crippen LogP) is 1.53. The van der Waals surface area contributed by atoms with Gasteiger partial charge in [-0.3, -0.25) is 9.59 Å². The molecule has 0 radical (unpaired) electrons. The first-order valence-corrected chi connectivity index (χ1v) is 9.16. The van der Waals surface area contributed by atoms with E-state index in [1.807, 2.05) is 13.8 Å². The highest BCUT2D eigenvalue weighted by Gasteiger charge is 2.42. The SMILES string of the molecule is CCCCOC1=C(OCCCC)C(C(O)COC(=O)CCC(=O)O)OC1=O. The van der Waals surface area contributed by atoms with Crippen molar-refractivity contribution in [3.8, 4) is 0 Å². The Hall–Kier alpha value is -2.29. The molecule has 1 rings (SSSR count). The molecule has 0 spiro atoms. The molecule has 0 saturated carbocycles. The summed E-state index contributed by atoms with van der Waals surface area (Å²) in [5, 5.41) is 18.8. The monoisotopic (exact) mass is 388 g/mol. The van der Waals surface area contributed by atoms with E-state index in [-0.39, 0.29) is 24.4 Å². The van der Waals surface area contributed by atoms with Gasteiger partial charge in [-0.2, -0.15) is 0 Å². The molecule has 0 aromatic heterocycles. The molecule has 1 aliphatic heterocycles. The van der Waals surface area contributed by atoms with Gasteiger partial charge in [-0.15, -0.1) is 0 Å². The van der Waals surface area contributed by atoms with Crippen LogP contribution < -0.4 is 0 Å². The Labute approximate surface area is 158 Å². The summed E-state index contributed by atoms with van der Waals surface area (Å²) in [6.45, 7) is 4.14. The van der Waals surface area contributed by atoms with Gasteiger partial charge >= 0.3 is 17.9 Å². The fourth-order valence-electron chi connectivity index (χ4n) is 2.18. The highest BCUT2D eigenvalue weighted by atomic mass is 16.6. The Bertz CT molecular complexity index is 541. The maximum atomic E-state index is 12.1. The van der Waals surface area contributed by atoms with E-state index in [1.165, 1.54) is 0 Å². The number of aliphatic hydroxyl groups excluding tert-OH is 1. The molecule has 0 fully saturated rings. The average Bonchev–Trinajstić information content (AvgIpc) is 2.94. The highest BCUT2D eigenvalue weighted by molar-refractivity contribution is 5.89. The van der Waals surface area contributed by atoms with Gasteiger partial charge in [0.25, 0.3) is 0 Å². The van der Waals surface area contributed by atoms with Crippen LogP contribution in [-0.4, -0.2) is 60.1 Å². The lowest BCUT2D eigenvalue weighted by Gasteiger charge is -2.20. The first-order valence-electron chi connectivity index (χ1n) is 9.16. The first-order chi connectivity index (χ1) is 12.9. The highest BCUT2D eigenvalue weighted by Crippen LogP contribution is 2.28. The van der Waals surface area contributed by atoms with Crippen LogP contribution >= 0.6 is 0 Å². The normalized spacial score (nSPS) is 17.4. The molecule has 9 nitrogen and oxygen atoms in total. The third-order valence-electron chi connectivity index (χ3n) is 3.71. The fraction of sp³-hybridized carbons (Fsp3) is 0.722. The van der Waals surface area contributed by atoms with E-state index in [9.17, 15) is 19.5 Å². The second-order valence-corrected chi connectivity index (χ2v) is 6.07. The molecule has 2 N–H and O–H groups in total. The van der Waals surface area contributed by atoms with Gasteiger partial charge in [-0.1, -0.05) is 26.7 Å². The molecular formula is C18H28O9. The molecule has 2 atom stereocenters. The molecule has 0 bridgehead atoms. The summed E-state index contributed by atoms with van der Waals surface area (Å²) < 4.78 is 21.1. The summed E-state index contributed by atoms with van der Waals surface area (Å²) in [6, 6.07) is 0. The quantitative estimate of drug-likeness (QED) is 0.336. The van der Waals surface area contributed by atoms with Crippen molar-refractivity contribution in [2.24, 2.45) is 0 Å². The number of carboxylic acid groups (broad SMARTS) is 1. The Morgan fingerprint density at radius 3 is 2.33 bits per heavy atom. The number of esters is 2. The van der Waals surface area contributed by atoms with Crippen LogP contribution in [0.1, 0.15) is 52.4 Å². The molecule has 0 aromatic carbocycles. The predicted molar refractivity (Wildman–Crippen MR) is 92.5 cm³/mol. The van der Waals surface area contributed by atoms with Crippen LogP contribution in [0.3, 0.4) is 0 Å². The lowest BCUT2D eigenvalue weighted by molar-refractivity contribution is -0.156. The number of carbonyl (C=O) groups is 3. The van der Waals surface area contributed by atoms with E-state index in [2.05, 4.69) is 0 Å². The summed E-state index contributed by atoms with van der Waals surface area (Å²) in [7, 11) is 0. The van der Waals surface area contributed by atoms with Crippen LogP contribution in [0.2, 0.25) is 0 Å². The lowest BCUT2D eigenvalue weighted by atomic mass is 10.2. The van der Waals surface area contributed by atoms with Crippen molar-refractivity contribution in [3.05, 3.63) is 11.5 Å². The van der Waals surface area contributed by atoms with Gasteiger partial charge < -0.3 is 29.2 Å². The summed E-state index contributed by atoms with van der Waals surface area (Å²) >= 11 is 0. The average molecular weight is 388 g/mol. The van der Waals surface area contributed by atoms with Crippen molar-refractivity contribution in [1.29, 1.82) is 0 Å². The molecule has 27 heavy (non-hydrogen) atoms. The van der Waals surface area contributed by atoms with Crippen LogP contribution in [0, 0.1) is 0 Å². The number of rotatable bonds is 14. The number of hydrogen-bond acceptors (Lipinski definition) is 8. The zero-order valence-corrected chi connectivity index (χ0v) is 15.8. The second-order valence-electron chi connectivity index (χ2n) is 6.07. The third kappa shape index (κ3) is 7.86. The van der Waals surface area contributed by atoms with E-state index in [1.54, 1.807) is 0 Å². The Morgan fingerprint density at radius 2 is 1.74 bits per heavy atom. The van der Waals surface area contributed by atoms with Gasteiger partial charge in [0, 0.05) is 0 Å². The molecule has 1 aliphatic rings. The number of hydrogen-bond donors (Lipinski definition) is 2. The molecule has 0 aromatic rings. The number of unbranched alkanes of at least 4 members (excludes halogenated alkanes) is 2. The molecule has 0 aliphatic carbocycles. The lowest BCUT2D eigenvalue weighted by Crippen LogP contribution is -2.34. The van der Waals surface area contributed by atoms with Crippen LogP contribution in [-0.2, 0) is 33.3 Å². The Kier molecular flexibility index (Phi) is 10.2. The van der Waals surface area contributed by atoms with Gasteiger partial charge in [0.05, 0.1) is 26.1 Å². The molecule has 154 valence electrons. The van der Waals surface area contributed by atoms with Gasteiger partial charge in [0.2, 0.25) is 5.76 Å². The number of aliphatic hydroxyl groups is 1. The van der Waals surface area contributed by atoms with Crippen molar-refractivity contribution in [3.63, 3.8) is 0 Å². The number of carbonyl (C=O) groups excluding carboxylic acids is 2. The minimum absolute atomic E-state index is 0.0687. The van der Waals surface area contributed by atoms with Crippen LogP contribution in [0.15, 0.2) is 11.5 Å². The standard InChI is InChI=1S/C18H28O9/c1-3-5-9-24-16-15(27-18(23)17(16)25-10-6-4-2)12(19)11-26-14(22)8-7-13(20)21/h12,15,19H,3-11H2,1-2H3,(H,20,21). The largest absolute Gasteiger partial charge is 0.490 e. The number of aliphatic carboxylic acids is 1. The van der Waals surface area contributed by atoms with Gasteiger partial charge in [0.1, 0.15) is 12.7 Å². The molecule has 9 heteroatoms. The maximum Gasteiger partial charge on any atom is 0.378 e. The van der Waals surface area contributed by atoms with Crippen molar-refractivity contribution in [1.82, 2.24) is 0 Å². The Morgan fingerprint density at radius 1 is 1.11 bits per heavy atom. The van der Waals surface area contributed by atoms with E-state index in [4.69, 9.17) is 24.1 Å².